The second-order valence-corrected chi connectivity index (χ2v) is 3.83. The van der Waals surface area contributed by atoms with Gasteiger partial charge in [-0.3, -0.25) is 0 Å². The maximum absolute atomic E-state index is 4.10. The molecule has 0 bridgehead atoms. The highest BCUT2D eigenvalue weighted by Crippen LogP contribution is 2.19. The van der Waals surface area contributed by atoms with E-state index in [1.807, 2.05) is 0 Å². The Bertz CT molecular complexity index is 394. The highest BCUT2D eigenvalue weighted by molar-refractivity contribution is 7.13. The molecule has 0 amide bonds. The summed E-state index contributed by atoms with van der Waals surface area (Å²) in [5.74, 6) is 0.434. The molecule has 2 heterocycles. The van der Waals surface area contributed by atoms with E-state index in [0.29, 0.717) is 5.92 Å². The number of nitrogens with zero attached hydrogens (tertiary/aromatic N) is 3. The van der Waals surface area contributed by atoms with Gasteiger partial charge in [0.1, 0.15) is 5.52 Å². The van der Waals surface area contributed by atoms with E-state index in [4.69, 9.17) is 0 Å². The quantitative estimate of drug-likeness (QED) is 0.673. The van der Waals surface area contributed by atoms with Crippen molar-refractivity contribution in [2.45, 2.75) is 19.8 Å². The highest BCUT2D eigenvalue weighted by Gasteiger charge is 2.04. The lowest BCUT2D eigenvalue weighted by Gasteiger charge is -2.00. The van der Waals surface area contributed by atoms with E-state index >= 15 is 0 Å². The molecular weight excluding hydrogens is 170 g/mol. The summed E-state index contributed by atoms with van der Waals surface area (Å²) >= 11 is 1.47. The fourth-order valence-corrected chi connectivity index (χ4v) is 1.60. The summed E-state index contributed by atoms with van der Waals surface area (Å²) in [5, 5.41) is 8.16. The summed E-state index contributed by atoms with van der Waals surface area (Å²) < 4.78 is 5.16. The standard InChI is InChI=1S/C8H9N3S/c1-5(2)6-3-8-7(11-10-6)4-9-12-8/h3-5H,1-2H3. The zero-order valence-electron chi connectivity index (χ0n) is 6.98. The van der Waals surface area contributed by atoms with Crippen LogP contribution in [0.1, 0.15) is 25.5 Å². The summed E-state index contributed by atoms with van der Waals surface area (Å²) in [6, 6.07) is 2.06. The lowest BCUT2D eigenvalue weighted by atomic mass is 10.1. The Balaban J connectivity index is 2.60. The summed E-state index contributed by atoms with van der Waals surface area (Å²) in [6.07, 6.45) is 1.75. The Morgan fingerprint density at radius 3 is 2.92 bits per heavy atom. The maximum Gasteiger partial charge on any atom is 0.124 e. The van der Waals surface area contributed by atoms with Crippen LogP contribution in [0.4, 0.5) is 0 Å². The van der Waals surface area contributed by atoms with Gasteiger partial charge in [0.25, 0.3) is 0 Å². The van der Waals surface area contributed by atoms with Gasteiger partial charge in [-0.1, -0.05) is 13.8 Å². The van der Waals surface area contributed by atoms with Crippen molar-refractivity contribution in [1.82, 2.24) is 14.6 Å². The van der Waals surface area contributed by atoms with E-state index in [1.54, 1.807) is 6.20 Å². The molecule has 0 saturated carbocycles. The van der Waals surface area contributed by atoms with Gasteiger partial charge in [0.05, 0.1) is 16.6 Å². The zero-order chi connectivity index (χ0) is 8.55. The van der Waals surface area contributed by atoms with Crippen molar-refractivity contribution in [2.24, 2.45) is 0 Å². The van der Waals surface area contributed by atoms with Crippen molar-refractivity contribution in [3.8, 4) is 0 Å². The first-order chi connectivity index (χ1) is 5.77. The Morgan fingerprint density at radius 1 is 1.33 bits per heavy atom. The van der Waals surface area contributed by atoms with Crippen LogP contribution in [-0.4, -0.2) is 14.6 Å². The molecule has 0 saturated heterocycles. The van der Waals surface area contributed by atoms with Crippen LogP contribution in [0, 0.1) is 0 Å². The van der Waals surface area contributed by atoms with Gasteiger partial charge in [0.2, 0.25) is 0 Å². The predicted octanol–water partition coefficient (Wildman–Crippen LogP) is 2.21. The molecule has 0 aliphatic heterocycles. The first-order valence-corrected chi connectivity index (χ1v) is 4.62. The van der Waals surface area contributed by atoms with Crippen molar-refractivity contribution in [3.63, 3.8) is 0 Å². The van der Waals surface area contributed by atoms with Crippen LogP contribution in [0.5, 0.6) is 0 Å². The van der Waals surface area contributed by atoms with E-state index in [2.05, 4.69) is 34.5 Å². The lowest BCUT2D eigenvalue weighted by Crippen LogP contribution is -1.93. The van der Waals surface area contributed by atoms with Gasteiger partial charge in [-0.2, -0.15) is 9.47 Å². The number of hydrogen-bond donors (Lipinski definition) is 0. The topological polar surface area (TPSA) is 38.7 Å². The van der Waals surface area contributed by atoms with Crippen molar-refractivity contribution in [1.29, 1.82) is 0 Å². The van der Waals surface area contributed by atoms with E-state index in [1.165, 1.54) is 11.5 Å². The predicted molar refractivity (Wildman–Crippen MR) is 49.3 cm³/mol. The maximum atomic E-state index is 4.10. The number of fused-ring (bicyclic) bond motifs is 1. The van der Waals surface area contributed by atoms with Gasteiger partial charge in [-0.05, 0) is 23.5 Å². The molecule has 0 aliphatic carbocycles. The minimum absolute atomic E-state index is 0.434. The monoisotopic (exact) mass is 179 g/mol. The zero-order valence-corrected chi connectivity index (χ0v) is 7.80. The van der Waals surface area contributed by atoms with Crippen molar-refractivity contribution < 1.29 is 0 Å². The fourth-order valence-electron chi connectivity index (χ4n) is 0.976. The van der Waals surface area contributed by atoms with Gasteiger partial charge >= 0.3 is 0 Å². The van der Waals surface area contributed by atoms with E-state index in [9.17, 15) is 0 Å². The Hall–Kier alpha value is -1.03. The fraction of sp³-hybridized carbons (Fsp3) is 0.375. The molecule has 2 aromatic heterocycles. The van der Waals surface area contributed by atoms with Crippen molar-refractivity contribution in [3.05, 3.63) is 18.0 Å². The Morgan fingerprint density at radius 2 is 2.17 bits per heavy atom. The lowest BCUT2D eigenvalue weighted by molar-refractivity contribution is 0.795. The molecule has 0 unspecified atom stereocenters. The normalized spacial score (nSPS) is 11.2. The first-order valence-electron chi connectivity index (χ1n) is 3.85. The van der Waals surface area contributed by atoms with Crippen LogP contribution in [0.2, 0.25) is 0 Å². The van der Waals surface area contributed by atoms with Crippen molar-refractivity contribution in [2.75, 3.05) is 0 Å². The van der Waals surface area contributed by atoms with Gasteiger partial charge in [0.15, 0.2) is 0 Å². The van der Waals surface area contributed by atoms with E-state index in [0.717, 1.165) is 15.9 Å². The third-order valence-corrected chi connectivity index (χ3v) is 2.46. The summed E-state index contributed by atoms with van der Waals surface area (Å²) in [4.78, 5) is 0. The second kappa shape index (κ2) is 2.79. The van der Waals surface area contributed by atoms with Crippen LogP contribution in [0.25, 0.3) is 10.2 Å². The second-order valence-electron chi connectivity index (χ2n) is 3.00. The number of rotatable bonds is 1. The molecule has 12 heavy (non-hydrogen) atoms. The molecule has 0 aliphatic rings. The Kier molecular flexibility index (Phi) is 1.77. The van der Waals surface area contributed by atoms with Crippen LogP contribution < -0.4 is 0 Å². The summed E-state index contributed by atoms with van der Waals surface area (Å²) in [7, 11) is 0. The molecule has 3 nitrogen and oxygen atoms in total. The highest BCUT2D eigenvalue weighted by atomic mass is 32.1. The molecule has 0 spiro atoms. The minimum atomic E-state index is 0.434. The van der Waals surface area contributed by atoms with Crippen LogP contribution in [0.15, 0.2) is 12.3 Å². The van der Waals surface area contributed by atoms with Crippen LogP contribution >= 0.6 is 11.5 Å². The average Bonchev–Trinajstić information content (AvgIpc) is 2.49. The summed E-state index contributed by atoms with van der Waals surface area (Å²) in [6.45, 7) is 4.22. The van der Waals surface area contributed by atoms with Gasteiger partial charge in [0, 0.05) is 0 Å². The molecule has 0 radical (unpaired) electrons. The number of hydrogen-bond acceptors (Lipinski definition) is 4. The largest absolute Gasteiger partial charge is 0.198 e. The molecule has 62 valence electrons. The third-order valence-electron chi connectivity index (χ3n) is 1.72. The SMILES string of the molecule is CC(C)c1cc2sncc2nn1. The summed E-state index contributed by atoms with van der Waals surface area (Å²) in [5.41, 5.74) is 1.93. The van der Waals surface area contributed by atoms with Gasteiger partial charge in [-0.15, -0.1) is 5.10 Å². The van der Waals surface area contributed by atoms with E-state index < -0.39 is 0 Å². The van der Waals surface area contributed by atoms with E-state index in [-0.39, 0.29) is 0 Å². The molecule has 0 aromatic carbocycles. The third kappa shape index (κ3) is 1.18. The van der Waals surface area contributed by atoms with Gasteiger partial charge < -0.3 is 0 Å². The van der Waals surface area contributed by atoms with Crippen LogP contribution in [0.3, 0.4) is 0 Å². The molecular formula is C8H9N3S. The smallest absolute Gasteiger partial charge is 0.124 e. The first kappa shape index (κ1) is 7.61. The van der Waals surface area contributed by atoms with Crippen LogP contribution in [-0.2, 0) is 0 Å². The average molecular weight is 179 g/mol. The Labute approximate surface area is 74.6 Å². The minimum Gasteiger partial charge on any atom is -0.198 e. The number of aromatic nitrogens is 3. The molecule has 0 fully saturated rings. The molecule has 0 atom stereocenters. The van der Waals surface area contributed by atoms with Crippen molar-refractivity contribution >= 4 is 21.7 Å². The van der Waals surface area contributed by atoms with Gasteiger partial charge in [-0.25, -0.2) is 0 Å². The molecule has 2 rings (SSSR count). The molecule has 2 aromatic rings. The molecule has 0 N–H and O–H groups in total. The molecule has 4 heteroatoms.